The van der Waals surface area contributed by atoms with Crippen molar-refractivity contribution in [3.63, 3.8) is 0 Å². The van der Waals surface area contributed by atoms with Crippen molar-refractivity contribution in [3.05, 3.63) is 58.4 Å². The zero-order chi connectivity index (χ0) is 14.5. The first-order chi connectivity index (χ1) is 9.65. The van der Waals surface area contributed by atoms with Crippen LogP contribution >= 0.6 is 27.5 Å². The van der Waals surface area contributed by atoms with Crippen molar-refractivity contribution in [3.8, 4) is 11.5 Å². The van der Waals surface area contributed by atoms with Crippen LogP contribution in [0.1, 0.15) is 11.1 Å². The molecule has 0 spiro atoms. The molecule has 0 aromatic heterocycles. The molecule has 0 bridgehead atoms. The van der Waals surface area contributed by atoms with Gasteiger partial charge in [-0.25, -0.2) is 4.39 Å². The van der Waals surface area contributed by atoms with Crippen LogP contribution in [0.15, 0.2) is 36.4 Å². The van der Waals surface area contributed by atoms with Crippen LogP contribution in [0.5, 0.6) is 11.5 Å². The Morgan fingerprint density at radius 3 is 2.70 bits per heavy atom. The molecule has 2 rings (SSSR count). The molecule has 0 unspecified atom stereocenters. The largest absolute Gasteiger partial charge is 0.493 e. The van der Waals surface area contributed by atoms with E-state index in [1.807, 2.05) is 18.2 Å². The van der Waals surface area contributed by atoms with Crippen LogP contribution in [0, 0.1) is 5.82 Å². The molecule has 20 heavy (non-hydrogen) atoms. The molecular weight excluding hydrogens is 347 g/mol. The average molecular weight is 360 g/mol. The number of rotatable bonds is 5. The predicted octanol–water partition coefficient (Wildman–Crippen LogP) is 4.96. The van der Waals surface area contributed by atoms with E-state index in [1.165, 1.54) is 12.1 Å². The Labute approximate surface area is 130 Å². The second-order valence-corrected chi connectivity index (χ2v) is 5.09. The lowest BCUT2D eigenvalue weighted by molar-refractivity contribution is 0.282. The zero-order valence-electron chi connectivity index (χ0n) is 10.8. The summed E-state index contributed by atoms with van der Waals surface area (Å²) in [5.74, 6) is 0.854. The highest BCUT2D eigenvalue weighted by Crippen LogP contribution is 2.33. The van der Waals surface area contributed by atoms with Crippen LogP contribution < -0.4 is 9.47 Å². The van der Waals surface area contributed by atoms with Gasteiger partial charge in [-0.2, -0.15) is 0 Å². The molecule has 0 saturated carbocycles. The summed E-state index contributed by atoms with van der Waals surface area (Å²) in [6.45, 7) is 0.245. The van der Waals surface area contributed by atoms with Gasteiger partial charge >= 0.3 is 0 Å². The smallest absolute Gasteiger partial charge is 0.165 e. The number of para-hydroxylation sites is 1. The van der Waals surface area contributed by atoms with Crippen molar-refractivity contribution < 1.29 is 13.9 Å². The quantitative estimate of drug-likeness (QED) is 0.702. The number of ether oxygens (including phenoxy) is 2. The number of benzene rings is 2. The molecule has 0 radical (unpaired) electrons. The molecule has 106 valence electrons. The van der Waals surface area contributed by atoms with Gasteiger partial charge in [-0.05, 0) is 23.8 Å². The minimum Gasteiger partial charge on any atom is -0.493 e. The fraction of sp³-hybridized carbons (Fsp3) is 0.200. The summed E-state index contributed by atoms with van der Waals surface area (Å²) in [5, 5.41) is 0.751. The van der Waals surface area contributed by atoms with E-state index >= 15 is 0 Å². The second-order valence-electron chi connectivity index (χ2n) is 4.12. The maximum atomic E-state index is 13.4. The number of hydrogen-bond acceptors (Lipinski definition) is 2. The first kappa shape index (κ1) is 15.1. The van der Waals surface area contributed by atoms with Gasteiger partial charge in [0.1, 0.15) is 12.4 Å². The topological polar surface area (TPSA) is 18.5 Å². The van der Waals surface area contributed by atoms with Crippen LogP contribution in [0.4, 0.5) is 4.39 Å². The van der Waals surface area contributed by atoms with Crippen LogP contribution in [-0.2, 0) is 11.9 Å². The summed E-state index contributed by atoms with van der Waals surface area (Å²) in [5.41, 5.74) is 1.68. The molecule has 0 N–H and O–H groups in total. The monoisotopic (exact) mass is 358 g/mol. The lowest BCUT2D eigenvalue weighted by Crippen LogP contribution is -2.00. The fourth-order valence-electron chi connectivity index (χ4n) is 1.78. The molecule has 2 aromatic rings. The van der Waals surface area contributed by atoms with Gasteiger partial charge < -0.3 is 9.47 Å². The van der Waals surface area contributed by atoms with Crippen molar-refractivity contribution in [2.24, 2.45) is 0 Å². The first-order valence-electron chi connectivity index (χ1n) is 5.94. The standard InChI is InChI=1S/C15H13BrClFO2/c1-19-14-4-2-3-11(8-16)15(14)20-9-10-5-6-12(17)13(18)7-10/h2-7H,8-9H2,1H3. The van der Waals surface area contributed by atoms with E-state index in [0.717, 1.165) is 5.56 Å². The SMILES string of the molecule is COc1cccc(CBr)c1OCc1ccc(Cl)c(F)c1. The molecule has 2 nitrogen and oxygen atoms in total. The number of alkyl halides is 1. The summed E-state index contributed by atoms with van der Waals surface area (Å²) in [4.78, 5) is 0. The van der Waals surface area contributed by atoms with Crippen LogP contribution in [0.3, 0.4) is 0 Å². The van der Waals surface area contributed by atoms with Crippen LogP contribution in [-0.4, -0.2) is 7.11 Å². The van der Waals surface area contributed by atoms with Gasteiger partial charge in [0, 0.05) is 10.9 Å². The van der Waals surface area contributed by atoms with Gasteiger partial charge in [0.15, 0.2) is 11.5 Å². The average Bonchev–Trinajstić information content (AvgIpc) is 2.48. The molecule has 0 saturated heterocycles. The van der Waals surface area contributed by atoms with E-state index in [4.69, 9.17) is 21.1 Å². The lowest BCUT2D eigenvalue weighted by Gasteiger charge is -2.14. The molecular formula is C15H13BrClFO2. The van der Waals surface area contributed by atoms with Gasteiger partial charge in [0.05, 0.1) is 12.1 Å². The van der Waals surface area contributed by atoms with E-state index in [2.05, 4.69) is 15.9 Å². The molecule has 5 heteroatoms. The predicted molar refractivity (Wildman–Crippen MR) is 81.4 cm³/mol. The molecule has 0 aliphatic carbocycles. The van der Waals surface area contributed by atoms with Gasteiger partial charge in [-0.1, -0.05) is 45.7 Å². The summed E-state index contributed by atoms with van der Waals surface area (Å²) in [7, 11) is 1.59. The van der Waals surface area contributed by atoms with Crippen molar-refractivity contribution >= 4 is 27.5 Å². The summed E-state index contributed by atoms with van der Waals surface area (Å²) in [6.07, 6.45) is 0. The first-order valence-corrected chi connectivity index (χ1v) is 7.44. The van der Waals surface area contributed by atoms with E-state index in [9.17, 15) is 4.39 Å². The maximum Gasteiger partial charge on any atom is 0.165 e. The Kier molecular flexibility index (Phi) is 5.26. The van der Waals surface area contributed by atoms with Crippen molar-refractivity contribution in [2.75, 3.05) is 7.11 Å². The molecule has 0 aliphatic rings. The molecule has 2 aromatic carbocycles. The molecule has 0 amide bonds. The molecule has 0 atom stereocenters. The summed E-state index contributed by atoms with van der Waals surface area (Å²) >= 11 is 9.06. The minimum atomic E-state index is -0.450. The van der Waals surface area contributed by atoms with E-state index < -0.39 is 5.82 Å². The number of hydrogen-bond donors (Lipinski definition) is 0. The van der Waals surface area contributed by atoms with Crippen molar-refractivity contribution in [1.82, 2.24) is 0 Å². The maximum absolute atomic E-state index is 13.4. The third kappa shape index (κ3) is 3.44. The highest BCUT2D eigenvalue weighted by Gasteiger charge is 2.10. The van der Waals surface area contributed by atoms with Crippen molar-refractivity contribution in [2.45, 2.75) is 11.9 Å². The Bertz CT molecular complexity index is 582. The Hall–Kier alpha value is -1.26. The minimum absolute atomic E-state index is 0.104. The van der Waals surface area contributed by atoms with Gasteiger partial charge in [-0.15, -0.1) is 0 Å². The van der Waals surface area contributed by atoms with E-state index in [0.29, 0.717) is 22.4 Å². The Morgan fingerprint density at radius 2 is 2.05 bits per heavy atom. The molecule has 0 fully saturated rings. The van der Waals surface area contributed by atoms with E-state index in [1.54, 1.807) is 13.2 Å². The van der Waals surface area contributed by atoms with E-state index in [-0.39, 0.29) is 11.6 Å². The number of halogens is 3. The third-order valence-electron chi connectivity index (χ3n) is 2.79. The Morgan fingerprint density at radius 1 is 1.25 bits per heavy atom. The number of methoxy groups -OCH3 is 1. The fourth-order valence-corrected chi connectivity index (χ4v) is 2.34. The van der Waals surface area contributed by atoms with Gasteiger partial charge in [-0.3, -0.25) is 0 Å². The highest BCUT2D eigenvalue weighted by atomic mass is 79.9. The Balaban J connectivity index is 2.19. The zero-order valence-corrected chi connectivity index (χ0v) is 13.2. The lowest BCUT2D eigenvalue weighted by atomic mass is 10.2. The summed E-state index contributed by atoms with van der Waals surface area (Å²) < 4.78 is 24.4. The van der Waals surface area contributed by atoms with Crippen LogP contribution in [0.2, 0.25) is 5.02 Å². The van der Waals surface area contributed by atoms with Gasteiger partial charge in [0.25, 0.3) is 0 Å². The van der Waals surface area contributed by atoms with Crippen molar-refractivity contribution in [1.29, 1.82) is 0 Å². The third-order valence-corrected chi connectivity index (χ3v) is 3.70. The molecule has 0 aliphatic heterocycles. The second kappa shape index (κ2) is 6.95. The normalized spacial score (nSPS) is 10.4. The van der Waals surface area contributed by atoms with Crippen LogP contribution in [0.25, 0.3) is 0 Å². The summed E-state index contributed by atoms with van der Waals surface area (Å²) in [6, 6.07) is 10.3. The molecule has 0 heterocycles. The van der Waals surface area contributed by atoms with Gasteiger partial charge in [0.2, 0.25) is 0 Å². The highest BCUT2D eigenvalue weighted by molar-refractivity contribution is 9.08.